The van der Waals surface area contributed by atoms with E-state index < -0.39 is 0 Å². The standard InChI is InChI=1S/C22H19N3O2/c1-24(2)18-11-13-19(14-12-18)25(26)15-16-7-9-17(10-8-16)22-23-20-5-3-4-6-21(20)27-22/h3-15H,1-2H3/b25-15+. The van der Waals surface area contributed by atoms with E-state index in [1.165, 1.54) is 0 Å². The average Bonchev–Trinajstić information content (AvgIpc) is 3.13. The second-order valence-electron chi connectivity index (χ2n) is 6.47. The first-order valence-corrected chi connectivity index (χ1v) is 8.65. The molecule has 134 valence electrons. The van der Waals surface area contributed by atoms with Gasteiger partial charge >= 0.3 is 0 Å². The van der Waals surface area contributed by atoms with Crippen LogP contribution in [0.4, 0.5) is 11.4 Å². The average molecular weight is 357 g/mol. The van der Waals surface area contributed by atoms with Crippen molar-refractivity contribution in [3.63, 3.8) is 0 Å². The van der Waals surface area contributed by atoms with Crippen LogP contribution in [0.5, 0.6) is 0 Å². The second-order valence-corrected chi connectivity index (χ2v) is 6.47. The summed E-state index contributed by atoms with van der Waals surface area (Å²) in [5, 5.41) is 12.4. The van der Waals surface area contributed by atoms with Crippen molar-refractivity contribution in [1.82, 2.24) is 4.98 Å². The number of benzene rings is 3. The van der Waals surface area contributed by atoms with Gasteiger partial charge in [-0.05, 0) is 48.5 Å². The molecule has 0 aliphatic carbocycles. The molecular weight excluding hydrogens is 338 g/mol. The third-order valence-corrected chi connectivity index (χ3v) is 4.34. The molecule has 0 amide bonds. The summed E-state index contributed by atoms with van der Waals surface area (Å²) in [6, 6.07) is 22.7. The zero-order chi connectivity index (χ0) is 18.8. The quantitative estimate of drug-likeness (QED) is 0.227. The molecule has 0 aliphatic rings. The minimum Gasteiger partial charge on any atom is -0.618 e. The summed E-state index contributed by atoms with van der Waals surface area (Å²) in [7, 11) is 3.93. The van der Waals surface area contributed by atoms with Gasteiger partial charge in [0.15, 0.2) is 11.8 Å². The lowest BCUT2D eigenvalue weighted by molar-refractivity contribution is -0.354. The Morgan fingerprint density at radius 2 is 1.63 bits per heavy atom. The molecule has 5 heteroatoms. The van der Waals surface area contributed by atoms with Gasteiger partial charge in [-0.3, -0.25) is 0 Å². The molecule has 27 heavy (non-hydrogen) atoms. The minimum absolute atomic E-state index is 0.570. The molecule has 0 saturated carbocycles. The Kier molecular flexibility index (Phi) is 4.34. The molecule has 1 heterocycles. The van der Waals surface area contributed by atoms with Crippen molar-refractivity contribution in [2.45, 2.75) is 0 Å². The van der Waals surface area contributed by atoms with Crippen molar-refractivity contribution >= 4 is 28.7 Å². The monoisotopic (exact) mass is 357 g/mol. The van der Waals surface area contributed by atoms with Crippen molar-refractivity contribution < 1.29 is 9.16 Å². The zero-order valence-corrected chi connectivity index (χ0v) is 15.2. The van der Waals surface area contributed by atoms with Crippen LogP contribution in [0.25, 0.3) is 22.6 Å². The number of fused-ring (bicyclic) bond motifs is 1. The second kappa shape index (κ2) is 6.96. The maximum atomic E-state index is 12.4. The number of para-hydroxylation sites is 2. The smallest absolute Gasteiger partial charge is 0.227 e. The SMILES string of the molecule is CN(C)c1ccc(/[N+]([O-])=C\c2ccc(-c3nc4ccccc4o3)cc2)cc1. The van der Waals surface area contributed by atoms with E-state index in [1.807, 2.05) is 91.8 Å². The number of hydrogen-bond acceptors (Lipinski definition) is 4. The molecule has 0 unspecified atom stereocenters. The minimum atomic E-state index is 0.570. The van der Waals surface area contributed by atoms with E-state index >= 15 is 0 Å². The lowest BCUT2D eigenvalue weighted by atomic mass is 10.1. The Bertz CT molecular complexity index is 1060. The predicted molar refractivity (Wildman–Crippen MR) is 109 cm³/mol. The van der Waals surface area contributed by atoms with Crippen molar-refractivity contribution in [2.24, 2.45) is 0 Å². The largest absolute Gasteiger partial charge is 0.618 e. The molecule has 3 aromatic carbocycles. The number of hydrogen-bond donors (Lipinski definition) is 0. The van der Waals surface area contributed by atoms with Crippen LogP contribution in [0.1, 0.15) is 5.56 Å². The van der Waals surface area contributed by atoms with Crippen LogP contribution in [-0.2, 0) is 0 Å². The first kappa shape index (κ1) is 16.8. The molecule has 0 fully saturated rings. The van der Waals surface area contributed by atoms with E-state index in [-0.39, 0.29) is 0 Å². The lowest BCUT2D eigenvalue weighted by Gasteiger charge is -2.12. The number of aromatic nitrogens is 1. The van der Waals surface area contributed by atoms with Crippen molar-refractivity contribution in [3.05, 3.63) is 83.6 Å². The van der Waals surface area contributed by atoms with E-state index in [9.17, 15) is 5.21 Å². The van der Waals surface area contributed by atoms with Crippen LogP contribution in [-0.4, -0.2) is 30.0 Å². The summed E-state index contributed by atoms with van der Waals surface area (Å²) in [6.07, 6.45) is 1.56. The van der Waals surface area contributed by atoms with E-state index in [0.717, 1.165) is 32.7 Å². The normalized spacial score (nSPS) is 11.7. The van der Waals surface area contributed by atoms with Gasteiger partial charge in [0, 0.05) is 43.0 Å². The molecule has 0 aliphatic heterocycles. The number of nitrogens with zero attached hydrogens (tertiary/aromatic N) is 3. The number of rotatable bonds is 4. The van der Waals surface area contributed by atoms with E-state index in [4.69, 9.17) is 4.42 Å². The fourth-order valence-electron chi connectivity index (χ4n) is 2.82. The highest BCUT2D eigenvalue weighted by Crippen LogP contribution is 2.24. The van der Waals surface area contributed by atoms with Crippen LogP contribution >= 0.6 is 0 Å². The van der Waals surface area contributed by atoms with Crippen LogP contribution in [0.2, 0.25) is 0 Å². The van der Waals surface area contributed by atoms with Crippen LogP contribution in [0, 0.1) is 5.21 Å². The Balaban J connectivity index is 1.57. The zero-order valence-electron chi connectivity index (χ0n) is 15.2. The lowest BCUT2D eigenvalue weighted by Crippen LogP contribution is -2.08. The molecule has 4 rings (SSSR count). The molecule has 1 aromatic heterocycles. The van der Waals surface area contributed by atoms with Gasteiger partial charge in [-0.2, -0.15) is 4.74 Å². The summed E-state index contributed by atoms with van der Waals surface area (Å²) in [5.74, 6) is 0.570. The van der Waals surface area contributed by atoms with E-state index in [0.29, 0.717) is 11.6 Å². The molecule has 0 radical (unpaired) electrons. The highest BCUT2D eigenvalue weighted by atomic mass is 16.5. The Morgan fingerprint density at radius 1 is 0.926 bits per heavy atom. The third-order valence-electron chi connectivity index (χ3n) is 4.34. The third kappa shape index (κ3) is 3.53. The van der Waals surface area contributed by atoms with Gasteiger partial charge in [0.25, 0.3) is 0 Å². The highest BCUT2D eigenvalue weighted by Gasteiger charge is 2.08. The molecule has 0 saturated heterocycles. The first-order valence-electron chi connectivity index (χ1n) is 8.65. The fourth-order valence-corrected chi connectivity index (χ4v) is 2.82. The first-order chi connectivity index (χ1) is 13.1. The van der Waals surface area contributed by atoms with Crippen molar-refractivity contribution in [1.29, 1.82) is 0 Å². The predicted octanol–water partition coefficient (Wildman–Crippen LogP) is 4.82. The van der Waals surface area contributed by atoms with Crippen molar-refractivity contribution in [3.8, 4) is 11.5 Å². The maximum absolute atomic E-state index is 12.4. The molecule has 0 bridgehead atoms. The summed E-state index contributed by atoms with van der Waals surface area (Å²) in [4.78, 5) is 6.48. The highest BCUT2D eigenvalue weighted by molar-refractivity contribution is 5.79. The summed E-state index contributed by atoms with van der Waals surface area (Å²) in [6.45, 7) is 0. The molecule has 0 atom stereocenters. The fraction of sp³-hybridized carbons (Fsp3) is 0.0909. The topological polar surface area (TPSA) is 55.3 Å². The van der Waals surface area contributed by atoms with Gasteiger partial charge in [0.1, 0.15) is 5.52 Å². The number of anilines is 1. The molecular formula is C22H19N3O2. The Morgan fingerprint density at radius 3 is 2.30 bits per heavy atom. The summed E-state index contributed by atoms with van der Waals surface area (Å²) >= 11 is 0. The van der Waals surface area contributed by atoms with Crippen molar-refractivity contribution in [2.75, 3.05) is 19.0 Å². The van der Waals surface area contributed by atoms with Gasteiger partial charge in [0.05, 0.1) is 0 Å². The van der Waals surface area contributed by atoms with Crippen LogP contribution < -0.4 is 4.90 Å². The Labute approximate surface area is 157 Å². The molecule has 5 nitrogen and oxygen atoms in total. The van der Waals surface area contributed by atoms with E-state index in [2.05, 4.69) is 4.98 Å². The van der Waals surface area contributed by atoms with Gasteiger partial charge in [-0.15, -0.1) is 0 Å². The molecule has 4 aromatic rings. The van der Waals surface area contributed by atoms with Gasteiger partial charge in [0.2, 0.25) is 11.6 Å². The van der Waals surface area contributed by atoms with Crippen LogP contribution in [0.3, 0.4) is 0 Å². The Hall–Kier alpha value is -3.60. The summed E-state index contributed by atoms with van der Waals surface area (Å²) < 4.78 is 6.65. The van der Waals surface area contributed by atoms with E-state index in [1.54, 1.807) is 6.21 Å². The van der Waals surface area contributed by atoms with Gasteiger partial charge < -0.3 is 14.5 Å². The van der Waals surface area contributed by atoms with Gasteiger partial charge in [-0.25, -0.2) is 4.98 Å². The van der Waals surface area contributed by atoms with Gasteiger partial charge in [-0.1, -0.05) is 12.1 Å². The maximum Gasteiger partial charge on any atom is 0.227 e. The molecule has 0 N–H and O–H groups in total. The number of oxazole rings is 1. The van der Waals surface area contributed by atoms with Crippen LogP contribution in [0.15, 0.2) is 77.2 Å². The molecule has 0 spiro atoms. The summed E-state index contributed by atoms with van der Waals surface area (Å²) in [5.41, 5.74) is 4.90.